The molecule has 1 heterocycles. The lowest BCUT2D eigenvalue weighted by atomic mass is 9.87. The van der Waals surface area contributed by atoms with Crippen molar-refractivity contribution >= 4 is 0 Å². The number of nitrogens with one attached hydrogen (secondary N) is 2. The number of nitriles is 2. The van der Waals surface area contributed by atoms with Crippen LogP contribution >= 0.6 is 0 Å². The molecule has 0 amide bonds. The van der Waals surface area contributed by atoms with Gasteiger partial charge < -0.3 is 10.6 Å². The van der Waals surface area contributed by atoms with Gasteiger partial charge in [-0.05, 0) is 52.4 Å². The number of fused-ring (bicyclic) bond motifs is 2. The van der Waals surface area contributed by atoms with Gasteiger partial charge in [-0.15, -0.1) is 0 Å². The lowest BCUT2D eigenvalue weighted by molar-refractivity contribution is 0.0995. The molecule has 0 aromatic carbocycles. The van der Waals surface area contributed by atoms with E-state index in [4.69, 9.17) is 0 Å². The fraction of sp³-hybridized carbons (Fsp3) is 0.917. The van der Waals surface area contributed by atoms with Gasteiger partial charge in [0.15, 0.2) is 0 Å². The molecule has 2 N–H and O–H groups in total. The Morgan fingerprint density at radius 3 is 1.47 bits per heavy atom. The zero-order valence-electron chi connectivity index (χ0n) is 19.2. The van der Waals surface area contributed by atoms with Gasteiger partial charge in [-0.25, -0.2) is 0 Å². The third-order valence-electron chi connectivity index (χ3n) is 7.64. The van der Waals surface area contributed by atoms with Gasteiger partial charge in [0, 0.05) is 49.3 Å². The van der Waals surface area contributed by atoms with Crippen LogP contribution in [-0.4, -0.2) is 72.2 Å². The summed E-state index contributed by atoms with van der Waals surface area (Å²) in [6, 6.07) is 7.61. The molecule has 0 aromatic rings. The van der Waals surface area contributed by atoms with Crippen LogP contribution in [-0.2, 0) is 0 Å². The Kier molecular flexibility index (Phi) is 9.40. The van der Waals surface area contributed by atoms with Crippen molar-refractivity contribution in [2.45, 2.75) is 114 Å². The largest absolute Gasteiger partial charge is 0.310 e. The monoisotopic (exact) mass is 414 g/mol. The first kappa shape index (κ1) is 23.5. The fourth-order valence-corrected chi connectivity index (χ4v) is 6.01. The highest BCUT2D eigenvalue weighted by molar-refractivity contribution is 4.96. The summed E-state index contributed by atoms with van der Waals surface area (Å²) in [5.41, 5.74) is 0. The van der Waals surface area contributed by atoms with Crippen LogP contribution in [0.25, 0.3) is 0 Å². The predicted octanol–water partition coefficient (Wildman–Crippen LogP) is 3.01. The highest BCUT2D eigenvalue weighted by atomic mass is 15.2. The van der Waals surface area contributed by atoms with Crippen molar-refractivity contribution in [3.05, 3.63) is 0 Å². The molecule has 6 atom stereocenters. The summed E-state index contributed by atoms with van der Waals surface area (Å²) in [5, 5.41) is 26.8. The summed E-state index contributed by atoms with van der Waals surface area (Å²) >= 11 is 0. The molecule has 0 spiro atoms. The molecular formula is C24H42N6. The van der Waals surface area contributed by atoms with Crippen LogP contribution in [0.4, 0.5) is 0 Å². The van der Waals surface area contributed by atoms with Gasteiger partial charge in [-0.2, -0.15) is 10.5 Å². The fourth-order valence-electron chi connectivity index (χ4n) is 6.01. The van der Waals surface area contributed by atoms with Crippen molar-refractivity contribution in [2.75, 3.05) is 26.2 Å². The van der Waals surface area contributed by atoms with Crippen LogP contribution in [0.5, 0.6) is 0 Å². The van der Waals surface area contributed by atoms with E-state index in [2.05, 4.69) is 46.4 Å². The lowest BCUT2D eigenvalue weighted by Crippen LogP contribution is -2.57. The molecule has 3 rings (SSSR count). The first-order valence-electron chi connectivity index (χ1n) is 12.4. The van der Waals surface area contributed by atoms with E-state index >= 15 is 0 Å². The van der Waals surface area contributed by atoms with Gasteiger partial charge in [0.2, 0.25) is 0 Å². The van der Waals surface area contributed by atoms with Crippen molar-refractivity contribution < 1.29 is 0 Å². The maximum absolute atomic E-state index is 9.47. The highest BCUT2D eigenvalue weighted by Gasteiger charge is 2.34. The first-order chi connectivity index (χ1) is 14.6. The molecule has 6 nitrogen and oxygen atoms in total. The average molecular weight is 415 g/mol. The Hall–Kier alpha value is -1.18. The molecule has 0 bridgehead atoms. The van der Waals surface area contributed by atoms with Gasteiger partial charge in [0.25, 0.3) is 0 Å². The van der Waals surface area contributed by atoms with Gasteiger partial charge >= 0.3 is 0 Å². The maximum atomic E-state index is 9.47. The second-order valence-electron chi connectivity index (χ2n) is 9.89. The van der Waals surface area contributed by atoms with Gasteiger partial charge in [0.1, 0.15) is 0 Å². The normalized spacial score (nSPS) is 37.7. The zero-order valence-corrected chi connectivity index (χ0v) is 19.2. The minimum atomic E-state index is 0.428. The Labute approximate surface area is 184 Å². The van der Waals surface area contributed by atoms with Crippen LogP contribution in [0.1, 0.15) is 78.1 Å². The summed E-state index contributed by atoms with van der Waals surface area (Å²) in [6.07, 6.45) is 12.0. The van der Waals surface area contributed by atoms with Crippen molar-refractivity contribution in [1.82, 2.24) is 20.4 Å². The van der Waals surface area contributed by atoms with E-state index < -0.39 is 0 Å². The maximum Gasteiger partial charge on any atom is 0.0868 e. The molecular weight excluding hydrogens is 372 g/mol. The standard InChI is InChI=1S/C24H42N6/c1-19-11-15-29(17-13-25)24-10-6-4-8-22(24)28-20(2)12-16-30(18-14-26)23-9-5-3-7-21(23)27-19/h19-24,27-28H,3-12,15-18H2,1-2H3. The van der Waals surface area contributed by atoms with Gasteiger partial charge in [-0.1, -0.05) is 25.7 Å². The smallest absolute Gasteiger partial charge is 0.0868 e. The Morgan fingerprint density at radius 1 is 0.667 bits per heavy atom. The van der Waals surface area contributed by atoms with E-state index in [0.29, 0.717) is 49.3 Å². The molecule has 168 valence electrons. The van der Waals surface area contributed by atoms with Crippen LogP contribution in [0.3, 0.4) is 0 Å². The predicted molar refractivity (Wildman–Crippen MR) is 121 cm³/mol. The summed E-state index contributed by atoms with van der Waals surface area (Å²) in [5.74, 6) is 0. The van der Waals surface area contributed by atoms with Crippen LogP contribution in [0.2, 0.25) is 0 Å². The minimum absolute atomic E-state index is 0.428. The molecule has 2 aliphatic carbocycles. The third-order valence-corrected chi connectivity index (χ3v) is 7.64. The first-order valence-corrected chi connectivity index (χ1v) is 12.4. The van der Waals surface area contributed by atoms with E-state index in [1.165, 1.54) is 51.4 Å². The van der Waals surface area contributed by atoms with Crippen LogP contribution in [0, 0.1) is 22.7 Å². The van der Waals surface area contributed by atoms with Crippen molar-refractivity contribution in [1.29, 1.82) is 10.5 Å². The Bertz CT molecular complexity index is 543. The average Bonchev–Trinajstić information content (AvgIpc) is 2.74. The minimum Gasteiger partial charge on any atom is -0.310 e. The highest BCUT2D eigenvalue weighted by Crippen LogP contribution is 2.27. The van der Waals surface area contributed by atoms with E-state index in [1.807, 2.05) is 0 Å². The van der Waals surface area contributed by atoms with Crippen molar-refractivity contribution in [3.8, 4) is 12.1 Å². The topological polar surface area (TPSA) is 78.1 Å². The third kappa shape index (κ3) is 6.41. The number of rotatable bonds is 2. The lowest BCUT2D eigenvalue weighted by Gasteiger charge is -2.44. The second kappa shape index (κ2) is 12.0. The van der Waals surface area contributed by atoms with Crippen molar-refractivity contribution in [3.63, 3.8) is 0 Å². The zero-order chi connectivity index (χ0) is 21.3. The van der Waals surface area contributed by atoms with Gasteiger partial charge in [-0.3, -0.25) is 9.80 Å². The molecule has 3 aliphatic rings. The molecule has 6 unspecified atom stereocenters. The molecule has 2 saturated carbocycles. The van der Waals surface area contributed by atoms with E-state index in [1.54, 1.807) is 0 Å². The molecule has 1 saturated heterocycles. The number of hydrogen-bond acceptors (Lipinski definition) is 6. The summed E-state index contributed by atoms with van der Waals surface area (Å²) in [4.78, 5) is 4.90. The Morgan fingerprint density at radius 2 is 1.07 bits per heavy atom. The van der Waals surface area contributed by atoms with Crippen LogP contribution in [0.15, 0.2) is 0 Å². The van der Waals surface area contributed by atoms with E-state index in [0.717, 1.165) is 25.9 Å². The molecule has 3 fully saturated rings. The van der Waals surface area contributed by atoms with Crippen molar-refractivity contribution in [2.24, 2.45) is 0 Å². The molecule has 0 aromatic heterocycles. The SMILES string of the molecule is CC1CCN(CC#N)C2CCCCC2NC(C)CCN(CC#N)C2CCCCC2N1. The van der Waals surface area contributed by atoms with E-state index in [-0.39, 0.29) is 0 Å². The Balaban J connectivity index is 1.78. The molecule has 6 heteroatoms. The van der Waals surface area contributed by atoms with Gasteiger partial charge in [0.05, 0.1) is 25.2 Å². The summed E-state index contributed by atoms with van der Waals surface area (Å²) in [7, 11) is 0. The number of hydrogen-bond donors (Lipinski definition) is 2. The second-order valence-corrected chi connectivity index (χ2v) is 9.89. The van der Waals surface area contributed by atoms with E-state index in [9.17, 15) is 10.5 Å². The molecule has 0 radical (unpaired) electrons. The molecule has 30 heavy (non-hydrogen) atoms. The summed E-state index contributed by atoms with van der Waals surface area (Å²) in [6.45, 7) is 7.64. The summed E-state index contributed by atoms with van der Waals surface area (Å²) < 4.78 is 0. The number of nitrogens with zero attached hydrogens (tertiary/aromatic N) is 4. The molecule has 1 aliphatic heterocycles. The quantitative estimate of drug-likeness (QED) is 0.676. The van der Waals surface area contributed by atoms with Crippen LogP contribution < -0.4 is 10.6 Å².